The lowest BCUT2D eigenvalue weighted by molar-refractivity contribution is -0.493. The summed E-state index contributed by atoms with van der Waals surface area (Å²) in [6.07, 6.45) is 2.02. The molecule has 0 aliphatic carbocycles. The molecule has 0 aromatic rings. The van der Waals surface area contributed by atoms with Crippen molar-refractivity contribution >= 4 is 11.7 Å². The molecule has 0 amide bonds. The van der Waals surface area contributed by atoms with Gasteiger partial charge in [-0.3, -0.25) is 0 Å². The number of carbonyl (C=O) groups is 1. The molecule has 0 atom stereocenters. The van der Waals surface area contributed by atoms with Gasteiger partial charge < -0.3 is 10.5 Å². The maximum absolute atomic E-state index is 11.5. The molecule has 0 unspecified atom stereocenters. The van der Waals surface area contributed by atoms with E-state index in [1.165, 1.54) is 6.20 Å². The van der Waals surface area contributed by atoms with E-state index in [0.29, 0.717) is 12.2 Å². The van der Waals surface area contributed by atoms with Gasteiger partial charge in [-0.25, -0.2) is 9.79 Å². The zero-order chi connectivity index (χ0) is 11.8. The largest absolute Gasteiger partial charge is 0.462 e. The van der Waals surface area contributed by atoms with Crippen molar-refractivity contribution in [1.29, 1.82) is 0 Å². The summed E-state index contributed by atoms with van der Waals surface area (Å²) in [6.45, 7) is 8.11. The normalized spacial score (nSPS) is 13.1. The summed E-state index contributed by atoms with van der Waals surface area (Å²) in [7, 11) is 0. The van der Waals surface area contributed by atoms with Gasteiger partial charge in [-0.05, 0) is 20.8 Å². The van der Waals surface area contributed by atoms with Crippen LogP contribution in [0.2, 0.25) is 0 Å². The van der Waals surface area contributed by atoms with E-state index < -0.39 is 0 Å². The van der Waals surface area contributed by atoms with Crippen LogP contribution in [0.25, 0.3) is 0 Å². The van der Waals surface area contributed by atoms with E-state index in [1.807, 2.05) is 20.8 Å². The van der Waals surface area contributed by atoms with Crippen LogP contribution in [0.1, 0.15) is 34.1 Å². The van der Waals surface area contributed by atoms with Gasteiger partial charge in [0, 0.05) is 12.6 Å². The van der Waals surface area contributed by atoms with Crippen molar-refractivity contribution in [1.82, 2.24) is 0 Å². The number of carbonyl (C=O) groups excluding carboxylic acids is 1. The van der Waals surface area contributed by atoms with Crippen LogP contribution in [0.3, 0.4) is 0 Å². The van der Waals surface area contributed by atoms with Gasteiger partial charge in [-0.1, -0.05) is 6.92 Å². The van der Waals surface area contributed by atoms with E-state index in [2.05, 4.69) is 4.99 Å². The van der Waals surface area contributed by atoms with Crippen LogP contribution < -0.4 is 10.7 Å². The van der Waals surface area contributed by atoms with Crippen LogP contribution in [0, 0.1) is 0 Å². The molecule has 0 fully saturated rings. The molecule has 0 aromatic heterocycles. The summed E-state index contributed by atoms with van der Waals surface area (Å²) < 4.78 is 4.91. The predicted octanol–water partition coefficient (Wildman–Crippen LogP) is -0.268. The molecule has 0 bridgehead atoms. The topological polar surface area (TPSA) is 66.3 Å². The molecule has 0 radical (unpaired) electrons. The van der Waals surface area contributed by atoms with Gasteiger partial charge in [0.25, 0.3) is 0 Å². The smallest absolute Gasteiger partial charge is 0.346 e. The molecule has 0 aliphatic heterocycles. The Morgan fingerprint density at radius 3 is 2.40 bits per heavy atom. The number of nitrogens with one attached hydrogen (secondary N) is 1. The maximum Gasteiger partial charge on any atom is 0.346 e. The Morgan fingerprint density at radius 2 is 2.07 bits per heavy atom. The third-order valence-corrected chi connectivity index (χ3v) is 1.80. The number of esters is 1. The van der Waals surface area contributed by atoms with Gasteiger partial charge in [0.1, 0.15) is 11.6 Å². The molecule has 0 heterocycles. The summed E-state index contributed by atoms with van der Waals surface area (Å²) in [5, 5.41) is 0. The van der Waals surface area contributed by atoms with Gasteiger partial charge in [0.05, 0.1) is 6.61 Å². The summed E-state index contributed by atoms with van der Waals surface area (Å²) in [5.41, 5.74) is 6.68. The van der Waals surface area contributed by atoms with E-state index in [-0.39, 0.29) is 12.0 Å². The van der Waals surface area contributed by atoms with Crippen molar-refractivity contribution < 1.29 is 14.5 Å². The van der Waals surface area contributed by atoms with Crippen LogP contribution in [-0.2, 0) is 9.53 Å². The number of hydrogen-bond donors (Lipinski definition) is 2. The minimum absolute atomic E-state index is 0.268. The molecule has 4 nitrogen and oxygen atoms in total. The molecule has 0 rings (SSSR count). The molecule has 0 saturated heterocycles. The molecule has 0 spiro atoms. The highest BCUT2D eigenvalue weighted by Crippen LogP contribution is 1.99. The molecule has 4 heteroatoms. The summed E-state index contributed by atoms with van der Waals surface area (Å²) >= 11 is 0. The van der Waals surface area contributed by atoms with Crippen molar-refractivity contribution in [3.8, 4) is 0 Å². The fourth-order valence-electron chi connectivity index (χ4n) is 1.22. The summed E-state index contributed by atoms with van der Waals surface area (Å²) in [4.78, 5) is 14.7. The van der Waals surface area contributed by atoms with Crippen LogP contribution in [0.4, 0.5) is 0 Å². The quantitative estimate of drug-likeness (QED) is 0.375. The Morgan fingerprint density at radius 1 is 1.47 bits per heavy atom. The van der Waals surface area contributed by atoms with E-state index in [1.54, 1.807) is 6.92 Å². The highest BCUT2D eigenvalue weighted by atomic mass is 16.5. The van der Waals surface area contributed by atoms with E-state index in [9.17, 15) is 4.79 Å². The number of nitrogens with two attached hydrogens (primary N) is 1. The second-order valence-electron chi connectivity index (χ2n) is 3.43. The van der Waals surface area contributed by atoms with Gasteiger partial charge >= 0.3 is 5.97 Å². The SMILES string of the molecule is CCOC(=O)C(=CN)C(CC)=[NH+]C(C)C. The second kappa shape index (κ2) is 7.04. The average Bonchev–Trinajstić information content (AvgIpc) is 2.17. The van der Waals surface area contributed by atoms with Crippen LogP contribution >= 0.6 is 0 Å². The Hall–Kier alpha value is -1.32. The Kier molecular flexibility index (Phi) is 6.42. The first-order valence-corrected chi connectivity index (χ1v) is 5.28. The first kappa shape index (κ1) is 13.7. The van der Waals surface area contributed by atoms with Gasteiger partial charge in [0.2, 0.25) is 0 Å². The van der Waals surface area contributed by atoms with Crippen molar-refractivity contribution in [2.75, 3.05) is 6.61 Å². The first-order chi connectivity index (χ1) is 7.06. The van der Waals surface area contributed by atoms with Crippen molar-refractivity contribution in [2.45, 2.75) is 40.2 Å². The van der Waals surface area contributed by atoms with Crippen molar-refractivity contribution in [2.24, 2.45) is 5.73 Å². The minimum atomic E-state index is -0.370. The molecular weight excluding hydrogens is 192 g/mol. The Balaban J connectivity index is 4.86. The molecule has 86 valence electrons. The monoisotopic (exact) mass is 213 g/mol. The molecular formula is C11H21N2O2+. The van der Waals surface area contributed by atoms with E-state index in [0.717, 1.165) is 12.1 Å². The maximum atomic E-state index is 11.5. The zero-order valence-corrected chi connectivity index (χ0v) is 9.96. The van der Waals surface area contributed by atoms with Crippen molar-refractivity contribution in [3.05, 3.63) is 11.8 Å². The highest BCUT2D eigenvalue weighted by Gasteiger charge is 2.20. The van der Waals surface area contributed by atoms with E-state index >= 15 is 0 Å². The third kappa shape index (κ3) is 4.63. The third-order valence-electron chi connectivity index (χ3n) is 1.80. The molecule has 3 N–H and O–H groups in total. The van der Waals surface area contributed by atoms with Crippen LogP contribution in [0.5, 0.6) is 0 Å². The minimum Gasteiger partial charge on any atom is -0.462 e. The predicted molar refractivity (Wildman–Crippen MR) is 60.3 cm³/mol. The molecule has 0 aromatic carbocycles. The number of ether oxygens (including phenoxy) is 1. The lowest BCUT2D eigenvalue weighted by atomic mass is 10.1. The Bertz CT molecular complexity index is 268. The highest BCUT2D eigenvalue weighted by molar-refractivity contribution is 6.17. The standard InChI is InChI=1S/C11H20N2O2/c1-5-10(13-8(3)4)9(7-12)11(14)15-6-2/h7-8H,5-6,12H2,1-4H3/p+1. The fraction of sp³-hybridized carbons (Fsp3) is 0.636. The Labute approximate surface area is 91.2 Å². The molecule has 0 aliphatic rings. The number of rotatable bonds is 5. The summed E-state index contributed by atoms with van der Waals surface area (Å²) in [6, 6.07) is 0.268. The molecule has 0 saturated carbocycles. The molecule has 15 heavy (non-hydrogen) atoms. The number of hydrogen-bond acceptors (Lipinski definition) is 3. The van der Waals surface area contributed by atoms with Crippen molar-refractivity contribution in [3.63, 3.8) is 0 Å². The van der Waals surface area contributed by atoms with E-state index in [4.69, 9.17) is 10.5 Å². The zero-order valence-electron chi connectivity index (χ0n) is 9.96. The van der Waals surface area contributed by atoms with Gasteiger partial charge in [-0.2, -0.15) is 0 Å². The second-order valence-corrected chi connectivity index (χ2v) is 3.43. The fourth-order valence-corrected chi connectivity index (χ4v) is 1.22. The lowest BCUT2D eigenvalue weighted by Gasteiger charge is -2.04. The van der Waals surface area contributed by atoms with Gasteiger partial charge in [0.15, 0.2) is 5.71 Å². The lowest BCUT2D eigenvalue weighted by Crippen LogP contribution is -2.78. The first-order valence-electron chi connectivity index (χ1n) is 5.28. The van der Waals surface area contributed by atoms with Crippen LogP contribution in [-0.4, -0.2) is 24.3 Å². The summed E-state index contributed by atoms with van der Waals surface area (Å²) in [5.74, 6) is -0.370. The van der Waals surface area contributed by atoms with Gasteiger partial charge in [-0.15, -0.1) is 0 Å². The average molecular weight is 213 g/mol. The van der Waals surface area contributed by atoms with Crippen LogP contribution in [0.15, 0.2) is 11.8 Å².